The number of carbonyl (C=O) groups excluding carboxylic acids is 1. The van der Waals surface area contributed by atoms with E-state index in [-0.39, 0.29) is 5.91 Å². The van der Waals surface area contributed by atoms with Gasteiger partial charge in [0.15, 0.2) is 11.5 Å². The Morgan fingerprint density at radius 1 is 0.960 bits per heavy atom. The largest absolute Gasteiger partial charge is 0.493 e. The predicted molar refractivity (Wildman–Crippen MR) is 103 cm³/mol. The standard InChI is InChI=1S/C20H19NO3S/c1-23-18-11-10-15(12-19(18)24-2)25-13-20(22)21-17-9-5-7-14-6-3-4-8-16(14)17/h3-12H,13H2,1-2H3,(H,21,22). The minimum atomic E-state index is -0.0452. The summed E-state index contributed by atoms with van der Waals surface area (Å²) in [7, 11) is 3.20. The van der Waals surface area contributed by atoms with Crippen LogP contribution >= 0.6 is 11.8 Å². The first kappa shape index (κ1) is 17.2. The summed E-state index contributed by atoms with van der Waals surface area (Å²) in [4.78, 5) is 13.3. The van der Waals surface area contributed by atoms with Crippen molar-refractivity contribution in [3.05, 3.63) is 60.7 Å². The molecule has 0 unspecified atom stereocenters. The molecule has 1 amide bonds. The zero-order chi connectivity index (χ0) is 17.6. The Bertz CT molecular complexity index is 890. The highest BCUT2D eigenvalue weighted by atomic mass is 32.2. The van der Waals surface area contributed by atoms with Gasteiger partial charge in [-0.25, -0.2) is 0 Å². The molecule has 0 bridgehead atoms. The molecule has 0 saturated heterocycles. The Kier molecular flexibility index (Phi) is 5.46. The summed E-state index contributed by atoms with van der Waals surface area (Å²) in [6.45, 7) is 0. The molecule has 1 N–H and O–H groups in total. The number of nitrogens with one attached hydrogen (secondary N) is 1. The van der Waals surface area contributed by atoms with E-state index in [9.17, 15) is 4.79 Å². The van der Waals surface area contributed by atoms with Crippen molar-refractivity contribution in [2.45, 2.75) is 4.90 Å². The van der Waals surface area contributed by atoms with Gasteiger partial charge >= 0.3 is 0 Å². The maximum absolute atomic E-state index is 12.3. The molecule has 0 radical (unpaired) electrons. The fourth-order valence-corrected chi connectivity index (χ4v) is 3.30. The number of rotatable bonds is 6. The fourth-order valence-electron chi connectivity index (χ4n) is 2.58. The van der Waals surface area contributed by atoms with Crippen LogP contribution in [0.4, 0.5) is 5.69 Å². The Morgan fingerprint density at radius 2 is 1.72 bits per heavy atom. The number of hydrogen-bond donors (Lipinski definition) is 1. The van der Waals surface area contributed by atoms with E-state index in [4.69, 9.17) is 9.47 Å². The second-order valence-electron chi connectivity index (χ2n) is 5.38. The molecule has 3 aromatic carbocycles. The van der Waals surface area contributed by atoms with Crippen LogP contribution in [0.1, 0.15) is 0 Å². The number of fused-ring (bicyclic) bond motifs is 1. The minimum Gasteiger partial charge on any atom is -0.493 e. The smallest absolute Gasteiger partial charge is 0.234 e. The van der Waals surface area contributed by atoms with Crippen molar-refractivity contribution in [1.82, 2.24) is 0 Å². The van der Waals surface area contributed by atoms with Gasteiger partial charge in [0.2, 0.25) is 5.91 Å². The summed E-state index contributed by atoms with van der Waals surface area (Å²) in [6, 6.07) is 19.5. The van der Waals surface area contributed by atoms with Crippen molar-refractivity contribution in [3.63, 3.8) is 0 Å². The zero-order valence-corrected chi connectivity index (χ0v) is 14.9. The van der Waals surface area contributed by atoms with Crippen molar-refractivity contribution < 1.29 is 14.3 Å². The van der Waals surface area contributed by atoms with Gasteiger partial charge in [0.1, 0.15) is 0 Å². The quantitative estimate of drug-likeness (QED) is 0.659. The SMILES string of the molecule is COc1ccc(SCC(=O)Nc2cccc3ccccc23)cc1OC. The number of methoxy groups -OCH3 is 2. The topological polar surface area (TPSA) is 47.6 Å². The van der Waals surface area contributed by atoms with Gasteiger partial charge in [-0.1, -0.05) is 36.4 Å². The highest BCUT2D eigenvalue weighted by Gasteiger charge is 2.09. The molecule has 0 atom stereocenters. The molecule has 0 saturated carbocycles. The number of anilines is 1. The first-order valence-electron chi connectivity index (χ1n) is 7.83. The lowest BCUT2D eigenvalue weighted by atomic mass is 10.1. The summed E-state index contributed by atoms with van der Waals surface area (Å²) < 4.78 is 10.5. The molecule has 3 rings (SSSR count). The molecule has 0 aliphatic rings. The monoisotopic (exact) mass is 353 g/mol. The van der Waals surface area contributed by atoms with E-state index in [2.05, 4.69) is 5.32 Å². The lowest BCUT2D eigenvalue weighted by molar-refractivity contribution is -0.113. The maximum atomic E-state index is 12.3. The van der Waals surface area contributed by atoms with Gasteiger partial charge in [0.25, 0.3) is 0 Å². The summed E-state index contributed by atoms with van der Waals surface area (Å²) in [5.74, 6) is 1.60. The highest BCUT2D eigenvalue weighted by molar-refractivity contribution is 8.00. The van der Waals surface area contributed by atoms with Crippen LogP contribution in [0.2, 0.25) is 0 Å². The Morgan fingerprint density at radius 3 is 2.52 bits per heavy atom. The summed E-state index contributed by atoms with van der Waals surface area (Å²) >= 11 is 1.45. The highest BCUT2D eigenvalue weighted by Crippen LogP contribution is 2.32. The molecule has 25 heavy (non-hydrogen) atoms. The van der Waals surface area contributed by atoms with Crippen molar-refractivity contribution >= 4 is 34.1 Å². The number of thioether (sulfide) groups is 1. The van der Waals surface area contributed by atoms with Gasteiger partial charge in [-0.2, -0.15) is 0 Å². The zero-order valence-electron chi connectivity index (χ0n) is 14.1. The van der Waals surface area contributed by atoms with E-state index in [0.717, 1.165) is 21.4 Å². The van der Waals surface area contributed by atoms with Gasteiger partial charge in [0, 0.05) is 16.0 Å². The maximum Gasteiger partial charge on any atom is 0.234 e. The Hall–Kier alpha value is -2.66. The number of hydrogen-bond acceptors (Lipinski definition) is 4. The number of benzene rings is 3. The third kappa shape index (κ3) is 4.06. The van der Waals surface area contributed by atoms with Gasteiger partial charge < -0.3 is 14.8 Å². The van der Waals surface area contributed by atoms with E-state index < -0.39 is 0 Å². The molecular formula is C20H19NO3S. The van der Waals surface area contributed by atoms with Crippen LogP contribution in [-0.2, 0) is 4.79 Å². The summed E-state index contributed by atoms with van der Waals surface area (Å²) in [5, 5.41) is 5.13. The van der Waals surface area contributed by atoms with Crippen LogP contribution in [0.3, 0.4) is 0 Å². The minimum absolute atomic E-state index is 0.0452. The van der Waals surface area contributed by atoms with E-state index >= 15 is 0 Å². The third-order valence-corrected chi connectivity index (χ3v) is 4.78. The molecule has 4 nitrogen and oxygen atoms in total. The summed E-state index contributed by atoms with van der Waals surface area (Å²) in [5.41, 5.74) is 0.830. The average Bonchev–Trinajstić information content (AvgIpc) is 2.66. The number of carbonyl (C=O) groups is 1. The van der Waals surface area contributed by atoms with Gasteiger partial charge in [0.05, 0.1) is 20.0 Å². The predicted octanol–water partition coefficient (Wildman–Crippen LogP) is 4.59. The second kappa shape index (κ2) is 7.94. The van der Waals surface area contributed by atoms with Crippen LogP contribution in [0, 0.1) is 0 Å². The van der Waals surface area contributed by atoms with Gasteiger partial charge in [-0.05, 0) is 29.7 Å². The normalized spacial score (nSPS) is 10.5. The molecule has 0 spiro atoms. The third-order valence-electron chi connectivity index (χ3n) is 3.79. The van der Waals surface area contributed by atoms with Crippen LogP contribution in [0.15, 0.2) is 65.6 Å². The molecule has 0 aromatic heterocycles. The van der Waals surface area contributed by atoms with Crippen LogP contribution in [-0.4, -0.2) is 25.9 Å². The number of ether oxygens (including phenoxy) is 2. The number of amides is 1. The molecule has 0 aliphatic heterocycles. The van der Waals surface area contributed by atoms with Crippen molar-refractivity contribution in [1.29, 1.82) is 0 Å². The molecule has 0 heterocycles. The molecular weight excluding hydrogens is 334 g/mol. The Balaban J connectivity index is 1.67. The van der Waals surface area contributed by atoms with E-state index in [1.165, 1.54) is 11.8 Å². The summed E-state index contributed by atoms with van der Waals surface area (Å²) in [6.07, 6.45) is 0. The van der Waals surface area contributed by atoms with Crippen LogP contribution in [0.25, 0.3) is 10.8 Å². The van der Waals surface area contributed by atoms with Crippen molar-refractivity contribution in [3.8, 4) is 11.5 Å². The lowest BCUT2D eigenvalue weighted by Crippen LogP contribution is -2.14. The van der Waals surface area contributed by atoms with E-state index in [0.29, 0.717) is 17.3 Å². The first-order chi connectivity index (χ1) is 12.2. The average molecular weight is 353 g/mol. The van der Waals surface area contributed by atoms with Gasteiger partial charge in [-0.15, -0.1) is 11.8 Å². The van der Waals surface area contributed by atoms with E-state index in [1.807, 2.05) is 60.7 Å². The first-order valence-corrected chi connectivity index (χ1v) is 8.82. The Labute approximate surface area is 151 Å². The van der Waals surface area contributed by atoms with Gasteiger partial charge in [-0.3, -0.25) is 4.79 Å². The molecule has 128 valence electrons. The van der Waals surface area contributed by atoms with Crippen molar-refractivity contribution in [2.75, 3.05) is 25.3 Å². The van der Waals surface area contributed by atoms with E-state index in [1.54, 1.807) is 14.2 Å². The fraction of sp³-hybridized carbons (Fsp3) is 0.150. The second-order valence-corrected chi connectivity index (χ2v) is 6.43. The van der Waals surface area contributed by atoms with Crippen LogP contribution in [0.5, 0.6) is 11.5 Å². The van der Waals surface area contributed by atoms with Crippen LogP contribution < -0.4 is 14.8 Å². The molecule has 0 fully saturated rings. The molecule has 3 aromatic rings. The van der Waals surface area contributed by atoms with Crippen molar-refractivity contribution in [2.24, 2.45) is 0 Å². The lowest BCUT2D eigenvalue weighted by Gasteiger charge is -2.10. The molecule has 5 heteroatoms. The molecule has 0 aliphatic carbocycles.